The number of aromatic hydroxyl groups is 1. The van der Waals surface area contributed by atoms with Crippen LogP contribution in [-0.4, -0.2) is 21.8 Å². The van der Waals surface area contributed by atoms with Crippen LogP contribution in [0.4, 0.5) is 0 Å². The molecule has 0 saturated heterocycles. The van der Waals surface area contributed by atoms with E-state index in [0.29, 0.717) is 9.13 Å². The Labute approximate surface area is 178 Å². The SMILES string of the molecule is CCc1ccc(-n2c(C)cc(/C=N\NC(=O)c3ccc(I)c(O)c3)c2C)cc1. The van der Waals surface area contributed by atoms with Gasteiger partial charge in [-0.05, 0) is 84.8 Å². The Balaban J connectivity index is 1.77. The predicted octanol–water partition coefficient (Wildman–Crippen LogP) is 4.73. The Kier molecular flexibility index (Phi) is 6.18. The molecule has 0 radical (unpaired) electrons. The van der Waals surface area contributed by atoms with Crippen LogP contribution >= 0.6 is 22.6 Å². The van der Waals surface area contributed by atoms with Crippen molar-refractivity contribution in [3.05, 3.63) is 80.2 Å². The highest BCUT2D eigenvalue weighted by Gasteiger charge is 2.10. The van der Waals surface area contributed by atoms with Gasteiger partial charge in [0.25, 0.3) is 5.91 Å². The van der Waals surface area contributed by atoms with Crippen LogP contribution in [0.3, 0.4) is 0 Å². The number of carbonyl (C=O) groups is 1. The molecule has 0 spiro atoms. The lowest BCUT2D eigenvalue weighted by molar-refractivity contribution is 0.0954. The quantitative estimate of drug-likeness (QED) is 0.311. The molecule has 1 aromatic heterocycles. The maximum atomic E-state index is 12.2. The van der Waals surface area contributed by atoms with Crippen LogP contribution in [0.2, 0.25) is 0 Å². The molecule has 0 bridgehead atoms. The highest BCUT2D eigenvalue weighted by atomic mass is 127. The summed E-state index contributed by atoms with van der Waals surface area (Å²) < 4.78 is 2.86. The van der Waals surface area contributed by atoms with E-state index < -0.39 is 0 Å². The Morgan fingerprint density at radius 3 is 2.54 bits per heavy atom. The zero-order valence-corrected chi connectivity index (χ0v) is 18.2. The van der Waals surface area contributed by atoms with Crippen LogP contribution in [0.15, 0.2) is 53.6 Å². The molecule has 2 N–H and O–H groups in total. The van der Waals surface area contributed by atoms with Crippen LogP contribution in [0.1, 0.15) is 39.8 Å². The largest absolute Gasteiger partial charge is 0.507 e. The van der Waals surface area contributed by atoms with Crippen molar-refractivity contribution in [3.8, 4) is 11.4 Å². The maximum Gasteiger partial charge on any atom is 0.271 e. The van der Waals surface area contributed by atoms with Crippen LogP contribution in [-0.2, 0) is 6.42 Å². The van der Waals surface area contributed by atoms with Gasteiger partial charge in [0, 0.05) is 28.2 Å². The minimum atomic E-state index is -0.369. The number of aromatic nitrogens is 1. The fourth-order valence-electron chi connectivity index (χ4n) is 3.08. The summed E-state index contributed by atoms with van der Waals surface area (Å²) in [5.74, 6) is -0.290. The first kappa shape index (κ1) is 20.1. The van der Waals surface area contributed by atoms with Gasteiger partial charge in [0.2, 0.25) is 0 Å². The number of hydrogen-bond acceptors (Lipinski definition) is 3. The Hall–Kier alpha value is -2.61. The number of hydrazone groups is 1. The van der Waals surface area contributed by atoms with Gasteiger partial charge < -0.3 is 9.67 Å². The van der Waals surface area contributed by atoms with Gasteiger partial charge in [0.15, 0.2) is 0 Å². The average Bonchev–Trinajstić information content (AvgIpc) is 2.97. The van der Waals surface area contributed by atoms with Crippen LogP contribution in [0.5, 0.6) is 5.75 Å². The monoisotopic (exact) mass is 487 g/mol. The lowest BCUT2D eigenvalue weighted by Crippen LogP contribution is -2.17. The number of halogens is 1. The topological polar surface area (TPSA) is 66.6 Å². The summed E-state index contributed by atoms with van der Waals surface area (Å²) in [6.07, 6.45) is 2.66. The second-order valence-corrected chi connectivity index (χ2v) is 7.71. The Morgan fingerprint density at radius 2 is 1.89 bits per heavy atom. The summed E-state index contributed by atoms with van der Waals surface area (Å²) in [6, 6.07) is 15.3. The van der Waals surface area contributed by atoms with Gasteiger partial charge in [0.1, 0.15) is 5.75 Å². The molecule has 0 atom stereocenters. The second-order valence-electron chi connectivity index (χ2n) is 6.55. The van der Waals surface area contributed by atoms with Gasteiger partial charge >= 0.3 is 0 Å². The van der Waals surface area contributed by atoms with Crippen molar-refractivity contribution in [1.82, 2.24) is 9.99 Å². The van der Waals surface area contributed by atoms with E-state index in [0.717, 1.165) is 29.1 Å². The molecular formula is C22H22IN3O2. The molecule has 3 aromatic rings. The number of phenolic OH excluding ortho intramolecular Hbond substituents is 1. The van der Waals surface area contributed by atoms with E-state index in [2.05, 4.69) is 46.3 Å². The zero-order chi connectivity index (χ0) is 20.3. The predicted molar refractivity (Wildman–Crippen MR) is 121 cm³/mol. The Morgan fingerprint density at radius 1 is 1.18 bits per heavy atom. The van der Waals surface area contributed by atoms with Gasteiger partial charge in [-0.25, -0.2) is 5.43 Å². The number of nitrogens with zero attached hydrogens (tertiary/aromatic N) is 2. The molecule has 2 aromatic carbocycles. The number of hydrogen-bond donors (Lipinski definition) is 2. The van der Waals surface area contributed by atoms with Crippen molar-refractivity contribution in [2.24, 2.45) is 5.10 Å². The minimum Gasteiger partial charge on any atom is -0.507 e. The van der Waals surface area contributed by atoms with E-state index in [1.54, 1.807) is 18.3 Å². The standard InChI is InChI=1S/C22H22IN3O2/c1-4-16-5-8-19(9-6-16)26-14(2)11-18(15(26)3)13-24-25-22(28)17-7-10-20(23)21(27)12-17/h5-13,27H,4H2,1-3H3,(H,25,28)/b24-13-. The molecule has 3 rings (SSSR count). The maximum absolute atomic E-state index is 12.2. The van der Waals surface area contributed by atoms with E-state index in [1.165, 1.54) is 11.6 Å². The van der Waals surface area contributed by atoms with Gasteiger partial charge in [-0.3, -0.25) is 4.79 Å². The summed E-state index contributed by atoms with van der Waals surface area (Å²) in [5, 5.41) is 13.8. The third-order valence-electron chi connectivity index (χ3n) is 4.65. The molecule has 0 fully saturated rings. The first-order chi connectivity index (χ1) is 13.4. The molecule has 1 amide bonds. The minimum absolute atomic E-state index is 0.0786. The number of carbonyl (C=O) groups excluding carboxylic acids is 1. The van der Waals surface area contributed by atoms with Crippen molar-refractivity contribution in [3.63, 3.8) is 0 Å². The lowest BCUT2D eigenvalue weighted by atomic mass is 10.1. The van der Waals surface area contributed by atoms with Crippen molar-refractivity contribution in [1.29, 1.82) is 0 Å². The van der Waals surface area contributed by atoms with Crippen molar-refractivity contribution in [2.45, 2.75) is 27.2 Å². The number of amides is 1. The van der Waals surface area contributed by atoms with Crippen molar-refractivity contribution >= 4 is 34.7 Å². The molecule has 1 heterocycles. The van der Waals surface area contributed by atoms with Crippen molar-refractivity contribution in [2.75, 3.05) is 0 Å². The average molecular weight is 487 g/mol. The first-order valence-electron chi connectivity index (χ1n) is 9.01. The molecule has 144 valence electrons. The van der Waals surface area contributed by atoms with Gasteiger partial charge in [-0.2, -0.15) is 5.10 Å². The van der Waals surface area contributed by atoms with E-state index in [-0.39, 0.29) is 11.7 Å². The highest BCUT2D eigenvalue weighted by molar-refractivity contribution is 14.1. The molecule has 0 aliphatic rings. The fraction of sp³-hybridized carbons (Fsp3) is 0.182. The zero-order valence-electron chi connectivity index (χ0n) is 16.0. The third kappa shape index (κ3) is 4.27. The molecule has 5 nitrogen and oxygen atoms in total. The Bertz CT molecular complexity index is 1040. The van der Waals surface area contributed by atoms with E-state index in [1.807, 2.05) is 42.5 Å². The van der Waals surface area contributed by atoms with E-state index in [9.17, 15) is 9.90 Å². The molecule has 6 heteroatoms. The molecule has 0 aliphatic heterocycles. The molecule has 0 aliphatic carbocycles. The van der Waals surface area contributed by atoms with Gasteiger partial charge in [-0.15, -0.1) is 0 Å². The lowest BCUT2D eigenvalue weighted by Gasteiger charge is -2.10. The van der Waals surface area contributed by atoms with Crippen molar-refractivity contribution < 1.29 is 9.90 Å². The summed E-state index contributed by atoms with van der Waals surface area (Å²) in [7, 11) is 0. The number of aryl methyl sites for hydroxylation is 2. The molecular weight excluding hydrogens is 465 g/mol. The summed E-state index contributed by atoms with van der Waals surface area (Å²) >= 11 is 2.00. The molecule has 0 saturated carbocycles. The van der Waals surface area contributed by atoms with Crippen LogP contribution in [0, 0.1) is 17.4 Å². The first-order valence-corrected chi connectivity index (χ1v) is 10.1. The second kappa shape index (κ2) is 8.60. The number of benzene rings is 2. The van der Waals surface area contributed by atoms with E-state index in [4.69, 9.17) is 0 Å². The summed E-state index contributed by atoms with van der Waals surface area (Å²) in [6.45, 7) is 6.22. The number of nitrogens with one attached hydrogen (secondary N) is 1. The van der Waals surface area contributed by atoms with Crippen LogP contribution < -0.4 is 5.43 Å². The smallest absolute Gasteiger partial charge is 0.271 e. The third-order valence-corrected chi connectivity index (χ3v) is 5.56. The van der Waals surface area contributed by atoms with Gasteiger partial charge in [0.05, 0.1) is 9.78 Å². The number of rotatable bonds is 5. The normalized spacial score (nSPS) is 11.1. The molecule has 0 unspecified atom stereocenters. The summed E-state index contributed by atoms with van der Waals surface area (Å²) in [5.41, 5.74) is 8.35. The van der Waals surface area contributed by atoms with E-state index >= 15 is 0 Å². The highest BCUT2D eigenvalue weighted by Crippen LogP contribution is 2.21. The fourth-order valence-corrected chi connectivity index (χ4v) is 3.41. The molecule has 28 heavy (non-hydrogen) atoms. The number of phenols is 1. The van der Waals surface area contributed by atoms with Gasteiger partial charge in [-0.1, -0.05) is 19.1 Å². The van der Waals surface area contributed by atoms with Crippen LogP contribution in [0.25, 0.3) is 5.69 Å². The summed E-state index contributed by atoms with van der Waals surface area (Å²) in [4.78, 5) is 12.2.